The zero-order chi connectivity index (χ0) is 17.4. The van der Waals surface area contributed by atoms with Gasteiger partial charge in [0.1, 0.15) is 6.61 Å². The monoisotopic (exact) mass is 347 g/mol. The fourth-order valence-corrected chi connectivity index (χ4v) is 2.52. The third-order valence-electron chi connectivity index (χ3n) is 3.94. The summed E-state index contributed by atoms with van der Waals surface area (Å²) in [5, 5.41) is 4.22. The average molecular weight is 348 g/mol. The van der Waals surface area contributed by atoms with E-state index in [9.17, 15) is 0 Å². The van der Waals surface area contributed by atoms with Crippen LogP contribution < -0.4 is 14.8 Å². The van der Waals surface area contributed by atoms with E-state index in [0.717, 1.165) is 35.6 Å². The minimum atomic E-state index is 0.417. The van der Waals surface area contributed by atoms with Gasteiger partial charge in [-0.15, -0.1) is 0 Å². The lowest BCUT2D eigenvalue weighted by Gasteiger charge is -2.18. The molecular weight excluding hydrogens is 322 g/mol. The van der Waals surface area contributed by atoms with Crippen LogP contribution in [0.25, 0.3) is 0 Å². The summed E-state index contributed by atoms with van der Waals surface area (Å²) >= 11 is 6.23. The van der Waals surface area contributed by atoms with Crippen LogP contribution in [-0.4, -0.2) is 12.6 Å². The Balaban J connectivity index is 2.19. The first-order chi connectivity index (χ1) is 11.7. The maximum Gasteiger partial charge on any atom is 0.166 e. The van der Waals surface area contributed by atoms with Gasteiger partial charge in [-0.1, -0.05) is 48.9 Å². The van der Waals surface area contributed by atoms with Crippen molar-refractivity contribution >= 4 is 11.6 Å². The van der Waals surface area contributed by atoms with Gasteiger partial charge < -0.3 is 14.8 Å². The van der Waals surface area contributed by atoms with Crippen LogP contribution in [0.3, 0.4) is 0 Å². The Kier molecular flexibility index (Phi) is 7.41. The van der Waals surface area contributed by atoms with Crippen LogP contribution >= 0.6 is 11.6 Å². The lowest BCUT2D eigenvalue weighted by Crippen LogP contribution is -2.24. The highest BCUT2D eigenvalue weighted by Crippen LogP contribution is 2.32. The van der Waals surface area contributed by atoms with Gasteiger partial charge >= 0.3 is 0 Å². The summed E-state index contributed by atoms with van der Waals surface area (Å²) < 4.78 is 11.8. The molecule has 24 heavy (non-hydrogen) atoms. The molecule has 3 nitrogen and oxygen atoms in total. The topological polar surface area (TPSA) is 30.5 Å². The summed E-state index contributed by atoms with van der Waals surface area (Å²) in [6, 6.07) is 14.2. The molecule has 0 saturated heterocycles. The lowest BCUT2D eigenvalue weighted by molar-refractivity contribution is 0.266. The largest absolute Gasteiger partial charge is 0.490 e. The quantitative estimate of drug-likeness (QED) is 0.675. The molecule has 1 N–H and O–H groups in total. The molecule has 0 aliphatic carbocycles. The zero-order valence-corrected chi connectivity index (χ0v) is 15.4. The molecule has 0 spiro atoms. The van der Waals surface area contributed by atoms with Crippen LogP contribution in [0.5, 0.6) is 11.5 Å². The highest BCUT2D eigenvalue weighted by molar-refractivity contribution is 6.31. The minimum Gasteiger partial charge on any atom is -0.490 e. The second kappa shape index (κ2) is 9.55. The number of ether oxygens (including phenoxy) is 2. The second-order valence-corrected chi connectivity index (χ2v) is 6.15. The predicted molar refractivity (Wildman–Crippen MR) is 100.0 cm³/mol. The molecular formula is C20H26ClNO2. The molecule has 1 unspecified atom stereocenters. The van der Waals surface area contributed by atoms with Crippen molar-refractivity contribution < 1.29 is 9.47 Å². The number of nitrogens with one attached hydrogen (secondary N) is 1. The molecule has 2 rings (SSSR count). The first-order valence-electron chi connectivity index (χ1n) is 8.50. The Hall–Kier alpha value is -1.71. The molecule has 1 atom stereocenters. The molecule has 0 saturated carbocycles. The van der Waals surface area contributed by atoms with Crippen molar-refractivity contribution in [1.82, 2.24) is 5.32 Å². The molecule has 0 aliphatic rings. The number of hydrogen-bond donors (Lipinski definition) is 1. The number of para-hydroxylation sites is 1. The van der Waals surface area contributed by atoms with E-state index in [1.165, 1.54) is 0 Å². The van der Waals surface area contributed by atoms with Crippen LogP contribution in [0, 0.1) is 0 Å². The van der Waals surface area contributed by atoms with Crippen molar-refractivity contribution in [3.05, 3.63) is 58.6 Å². The van der Waals surface area contributed by atoms with Crippen molar-refractivity contribution in [2.24, 2.45) is 0 Å². The second-order valence-electron chi connectivity index (χ2n) is 5.75. The lowest BCUT2D eigenvalue weighted by atomic mass is 10.1. The first-order valence-corrected chi connectivity index (χ1v) is 8.87. The van der Waals surface area contributed by atoms with E-state index in [1.54, 1.807) is 0 Å². The third-order valence-corrected chi connectivity index (χ3v) is 4.31. The smallest absolute Gasteiger partial charge is 0.166 e. The number of rotatable bonds is 9. The van der Waals surface area contributed by atoms with E-state index in [2.05, 4.69) is 25.2 Å². The van der Waals surface area contributed by atoms with Gasteiger partial charge in [-0.3, -0.25) is 0 Å². The Morgan fingerprint density at radius 1 is 1.00 bits per heavy atom. The van der Waals surface area contributed by atoms with Crippen LogP contribution in [0.2, 0.25) is 5.02 Å². The van der Waals surface area contributed by atoms with Crippen LogP contribution in [0.4, 0.5) is 0 Å². The fourth-order valence-electron chi connectivity index (χ4n) is 2.33. The number of benzene rings is 2. The van der Waals surface area contributed by atoms with Gasteiger partial charge in [0.25, 0.3) is 0 Å². The van der Waals surface area contributed by atoms with Gasteiger partial charge in [0.05, 0.1) is 6.61 Å². The molecule has 0 fully saturated rings. The molecule has 2 aromatic rings. The van der Waals surface area contributed by atoms with E-state index in [-0.39, 0.29) is 0 Å². The van der Waals surface area contributed by atoms with Gasteiger partial charge in [0, 0.05) is 28.7 Å². The standard InChI is InChI=1S/C20H26ClNO2/c1-4-15(3)22-13-16-10-8-12-19(23-5-2)20(16)24-14-17-9-6-7-11-18(17)21/h6-12,15,22H,4-5,13-14H2,1-3H3. The van der Waals surface area contributed by atoms with Gasteiger partial charge in [0.15, 0.2) is 11.5 Å². The highest BCUT2D eigenvalue weighted by atomic mass is 35.5. The Morgan fingerprint density at radius 3 is 2.46 bits per heavy atom. The van der Waals surface area contributed by atoms with Gasteiger partial charge in [0.2, 0.25) is 0 Å². The van der Waals surface area contributed by atoms with E-state index in [0.29, 0.717) is 24.3 Å². The molecule has 0 radical (unpaired) electrons. The molecule has 0 heterocycles. The Morgan fingerprint density at radius 2 is 1.75 bits per heavy atom. The summed E-state index contributed by atoms with van der Waals surface area (Å²) in [6.07, 6.45) is 1.08. The summed E-state index contributed by atoms with van der Waals surface area (Å²) in [5.41, 5.74) is 2.06. The average Bonchev–Trinajstić information content (AvgIpc) is 2.60. The Labute approximate surface area is 149 Å². The van der Waals surface area contributed by atoms with Crippen molar-refractivity contribution in [3.63, 3.8) is 0 Å². The maximum absolute atomic E-state index is 6.23. The summed E-state index contributed by atoms with van der Waals surface area (Å²) in [6.45, 7) is 8.08. The summed E-state index contributed by atoms with van der Waals surface area (Å²) in [5.74, 6) is 1.56. The molecule has 0 bridgehead atoms. The summed E-state index contributed by atoms with van der Waals surface area (Å²) in [7, 11) is 0. The fraction of sp³-hybridized carbons (Fsp3) is 0.400. The first kappa shape index (κ1) is 18.6. The van der Waals surface area contributed by atoms with Crippen LogP contribution in [-0.2, 0) is 13.2 Å². The molecule has 0 amide bonds. The normalized spacial score (nSPS) is 12.0. The molecule has 4 heteroatoms. The van der Waals surface area contributed by atoms with E-state index in [1.807, 2.05) is 43.3 Å². The minimum absolute atomic E-state index is 0.417. The van der Waals surface area contributed by atoms with Gasteiger partial charge in [-0.05, 0) is 32.4 Å². The predicted octanol–water partition coefficient (Wildman–Crippen LogP) is 5.21. The third kappa shape index (κ3) is 5.15. The SMILES string of the molecule is CCOc1cccc(CNC(C)CC)c1OCc1ccccc1Cl. The van der Waals surface area contributed by atoms with E-state index >= 15 is 0 Å². The zero-order valence-electron chi connectivity index (χ0n) is 14.6. The number of halogens is 1. The van der Waals surface area contributed by atoms with Crippen molar-refractivity contribution in [3.8, 4) is 11.5 Å². The van der Waals surface area contributed by atoms with Gasteiger partial charge in [-0.2, -0.15) is 0 Å². The Bertz CT molecular complexity index is 645. The molecule has 0 aliphatic heterocycles. The molecule has 0 aromatic heterocycles. The van der Waals surface area contributed by atoms with Gasteiger partial charge in [-0.25, -0.2) is 0 Å². The van der Waals surface area contributed by atoms with E-state index in [4.69, 9.17) is 21.1 Å². The maximum atomic E-state index is 6.23. The number of hydrogen-bond acceptors (Lipinski definition) is 3. The highest BCUT2D eigenvalue weighted by Gasteiger charge is 2.13. The summed E-state index contributed by atoms with van der Waals surface area (Å²) in [4.78, 5) is 0. The van der Waals surface area contributed by atoms with Crippen molar-refractivity contribution in [1.29, 1.82) is 0 Å². The van der Waals surface area contributed by atoms with Crippen LogP contribution in [0.15, 0.2) is 42.5 Å². The van der Waals surface area contributed by atoms with Crippen molar-refractivity contribution in [2.75, 3.05) is 6.61 Å². The molecule has 130 valence electrons. The van der Waals surface area contributed by atoms with E-state index < -0.39 is 0 Å². The van der Waals surface area contributed by atoms with Crippen LogP contribution in [0.1, 0.15) is 38.3 Å². The van der Waals surface area contributed by atoms with Crippen molar-refractivity contribution in [2.45, 2.75) is 46.4 Å². The molecule has 2 aromatic carbocycles.